The van der Waals surface area contributed by atoms with Crippen molar-refractivity contribution in [3.8, 4) is 6.07 Å². The predicted molar refractivity (Wildman–Crippen MR) is 130 cm³/mol. The summed E-state index contributed by atoms with van der Waals surface area (Å²) in [6, 6.07) is 14.0. The second-order valence-electron chi connectivity index (χ2n) is 8.36. The average molecular weight is 508 g/mol. The molecule has 2 aromatic rings. The van der Waals surface area contributed by atoms with Crippen molar-refractivity contribution in [3.05, 3.63) is 63.6 Å². The van der Waals surface area contributed by atoms with Crippen molar-refractivity contribution in [2.45, 2.75) is 49.5 Å². The number of amides is 1. The SMILES string of the molecule is N#Cc1ccc(CCNC(=O)CC2CCCC(NCS(=O)(=O)c3cccc(Cl)c3Cl)C2)cc1. The summed E-state index contributed by atoms with van der Waals surface area (Å²) in [5, 5.41) is 15.2. The lowest BCUT2D eigenvalue weighted by Gasteiger charge is -2.29. The van der Waals surface area contributed by atoms with Gasteiger partial charge in [0.2, 0.25) is 5.91 Å². The molecule has 0 saturated heterocycles. The summed E-state index contributed by atoms with van der Waals surface area (Å²) in [5.74, 6) is -0.00225. The number of nitrogens with one attached hydrogen (secondary N) is 2. The third-order valence-electron chi connectivity index (χ3n) is 5.89. The molecular formula is C24H27Cl2N3O3S. The van der Waals surface area contributed by atoms with E-state index in [4.69, 9.17) is 28.5 Å². The molecule has 2 aromatic carbocycles. The highest BCUT2D eigenvalue weighted by Crippen LogP contribution is 2.30. The van der Waals surface area contributed by atoms with Gasteiger partial charge in [0.25, 0.3) is 0 Å². The molecular weight excluding hydrogens is 481 g/mol. The van der Waals surface area contributed by atoms with Gasteiger partial charge in [-0.2, -0.15) is 5.26 Å². The Labute approximate surface area is 205 Å². The number of nitrogens with zero attached hydrogens (tertiary/aromatic N) is 1. The Morgan fingerprint density at radius 2 is 1.88 bits per heavy atom. The van der Waals surface area contributed by atoms with Crippen LogP contribution >= 0.6 is 23.2 Å². The Balaban J connectivity index is 1.43. The number of sulfone groups is 1. The van der Waals surface area contributed by atoms with Crippen molar-refractivity contribution in [2.24, 2.45) is 5.92 Å². The van der Waals surface area contributed by atoms with Crippen molar-refractivity contribution in [2.75, 3.05) is 12.4 Å². The maximum Gasteiger partial charge on any atom is 0.220 e. The van der Waals surface area contributed by atoms with Gasteiger partial charge in [0.1, 0.15) is 5.88 Å². The van der Waals surface area contributed by atoms with Crippen molar-refractivity contribution >= 4 is 38.9 Å². The minimum atomic E-state index is -3.62. The van der Waals surface area contributed by atoms with Crippen LogP contribution in [0.3, 0.4) is 0 Å². The largest absolute Gasteiger partial charge is 0.356 e. The molecule has 2 atom stereocenters. The number of nitriles is 1. The lowest BCUT2D eigenvalue weighted by molar-refractivity contribution is -0.122. The van der Waals surface area contributed by atoms with E-state index in [1.807, 2.05) is 12.1 Å². The van der Waals surface area contributed by atoms with Gasteiger partial charge >= 0.3 is 0 Å². The van der Waals surface area contributed by atoms with Crippen molar-refractivity contribution in [1.29, 1.82) is 5.26 Å². The van der Waals surface area contributed by atoms with Gasteiger partial charge in [-0.15, -0.1) is 0 Å². The molecule has 2 unspecified atom stereocenters. The highest BCUT2D eigenvalue weighted by atomic mass is 35.5. The molecule has 3 rings (SSSR count). The summed E-state index contributed by atoms with van der Waals surface area (Å²) in [6.45, 7) is 0.539. The van der Waals surface area contributed by atoms with Gasteiger partial charge in [-0.05, 0) is 61.4 Å². The monoisotopic (exact) mass is 507 g/mol. The molecule has 0 aliphatic heterocycles. The smallest absolute Gasteiger partial charge is 0.220 e. The fraction of sp³-hybridized carbons (Fsp3) is 0.417. The Morgan fingerprint density at radius 1 is 1.12 bits per heavy atom. The number of halogens is 2. The summed E-state index contributed by atoms with van der Waals surface area (Å²) in [7, 11) is -3.62. The molecule has 1 saturated carbocycles. The number of carbonyl (C=O) groups is 1. The predicted octanol–water partition coefficient (Wildman–Crippen LogP) is 4.49. The summed E-state index contributed by atoms with van der Waals surface area (Å²) in [4.78, 5) is 12.4. The van der Waals surface area contributed by atoms with Gasteiger partial charge in [0.05, 0.1) is 26.6 Å². The number of hydrogen-bond acceptors (Lipinski definition) is 5. The fourth-order valence-corrected chi connectivity index (χ4v) is 6.11. The molecule has 1 fully saturated rings. The van der Waals surface area contributed by atoms with E-state index in [2.05, 4.69) is 16.7 Å². The number of rotatable bonds is 9. The van der Waals surface area contributed by atoms with Gasteiger partial charge in [-0.3, -0.25) is 4.79 Å². The van der Waals surface area contributed by atoms with Gasteiger partial charge in [0, 0.05) is 19.0 Å². The third kappa shape index (κ3) is 7.44. The minimum Gasteiger partial charge on any atom is -0.356 e. The van der Waals surface area contributed by atoms with Crippen LogP contribution in [0.25, 0.3) is 0 Å². The van der Waals surface area contributed by atoms with E-state index in [0.717, 1.165) is 31.2 Å². The lowest BCUT2D eigenvalue weighted by atomic mass is 9.83. The van der Waals surface area contributed by atoms with Gasteiger partial charge in [-0.25, -0.2) is 8.42 Å². The van der Waals surface area contributed by atoms with E-state index in [1.165, 1.54) is 6.07 Å². The lowest BCUT2D eigenvalue weighted by Crippen LogP contribution is -2.38. The van der Waals surface area contributed by atoms with Crippen LogP contribution in [0, 0.1) is 17.2 Å². The molecule has 0 heterocycles. The standard InChI is InChI=1S/C24H27Cl2N3O3S/c25-21-5-2-6-22(24(21)26)33(31,32)16-29-20-4-1-3-19(13-20)14-23(30)28-12-11-17-7-9-18(15-27)10-8-17/h2,5-10,19-20,29H,1,3-4,11-14,16H2,(H,28,30). The Kier molecular flexibility index (Phi) is 9.16. The molecule has 1 amide bonds. The molecule has 1 aliphatic carbocycles. The quantitative estimate of drug-likeness (QED) is 0.520. The van der Waals surface area contributed by atoms with Crippen LogP contribution in [0.2, 0.25) is 10.0 Å². The second-order valence-corrected chi connectivity index (χ2v) is 11.1. The summed E-state index contributed by atoms with van der Waals surface area (Å²) >= 11 is 12.0. The summed E-state index contributed by atoms with van der Waals surface area (Å²) in [5.41, 5.74) is 1.68. The van der Waals surface area contributed by atoms with Crippen LogP contribution in [-0.4, -0.2) is 32.8 Å². The maximum atomic E-state index is 12.7. The van der Waals surface area contributed by atoms with Crippen LogP contribution < -0.4 is 10.6 Å². The minimum absolute atomic E-state index is 0.00706. The van der Waals surface area contributed by atoms with E-state index in [-0.39, 0.29) is 38.7 Å². The Bertz CT molecular complexity index is 1110. The molecule has 176 valence electrons. The van der Waals surface area contributed by atoms with E-state index in [1.54, 1.807) is 24.3 Å². The van der Waals surface area contributed by atoms with Crippen LogP contribution in [0.5, 0.6) is 0 Å². The van der Waals surface area contributed by atoms with E-state index in [9.17, 15) is 13.2 Å². The van der Waals surface area contributed by atoms with Crippen LogP contribution in [0.15, 0.2) is 47.4 Å². The molecule has 9 heteroatoms. The first-order valence-corrected chi connectivity index (χ1v) is 13.3. The topological polar surface area (TPSA) is 99.1 Å². The van der Waals surface area contributed by atoms with Crippen molar-refractivity contribution in [1.82, 2.24) is 10.6 Å². The van der Waals surface area contributed by atoms with E-state index in [0.29, 0.717) is 24.9 Å². The first-order valence-electron chi connectivity index (χ1n) is 10.9. The molecule has 0 aromatic heterocycles. The molecule has 2 N–H and O–H groups in total. The maximum absolute atomic E-state index is 12.7. The summed E-state index contributed by atoms with van der Waals surface area (Å²) in [6.07, 6.45) is 4.65. The Hall–Kier alpha value is -2.11. The molecule has 0 bridgehead atoms. The van der Waals surface area contributed by atoms with E-state index >= 15 is 0 Å². The van der Waals surface area contributed by atoms with Crippen LogP contribution in [-0.2, 0) is 21.1 Å². The van der Waals surface area contributed by atoms with E-state index < -0.39 is 9.84 Å². The second kappa shape index (κ2) is 11.8. The van der Waals surface area contributed by atoms with Crippen LogP contribution in [0.4, 0.5) is 0 Å². The summed E-state index contributed by atoms with van der Waals surface area (Å²) < 4.78 is 25.4. The van der Waals surface area contributed by atoms with Crippen molar-refractivity contribution in [3.63, 3.8) is 0 Å². The highest BCUT2D eigenvalue weighted by molar-refractivity contribution is 7.91. The zero-order chi connectivity index (χ0) is 23.8. The van der Waals surface area contributed by atoms with Gasteiger partial charge in [-0.1, -0.05) is 47.8 Å². The molecule has 0 spiro atoms. The first kappa shape index (κ1) is 25.5. The highest BCUT2D eigenvalue weighted by Gasteiger charge is 2.26. The fourth-order valence-electron chi connectivity index (χ4n) is 4.12. The zero-order valence-electron chi connectivity index (χ0n) is 18.2. The van der Waals surface area contributed by atoms with Gasteiger partial charge < -0.3 is 10.6 Å². The number of benzene rings is 2. The Morgan fingerprint density at radius 3 is 2.61 bits per heavy atom. The third-order valence-corrected chi connectivity index (χ3v) is 8.38. The normalized spacial score (nSPS) is 18.5. The molecule has 1 aliphatic rings. The van der Waals surface area contributed by atoms with Crippen molar-refractivity contribution < 1.29 is 13.2 Å². The number of carbonyl (C=O) groups excluding carboxylic acids is 1. The molecule has 0 radical (unpaired) electrons. The molecule has 33 heavy (non-hydrogen) atoms. The molecule has 6 nitrogen and oxygen atoms in total. The van der Waals surface area contributed by atoms with Crippen LogP contribution in [0.1, 0.15) is 43.2 Å². The first-order chi connectivity index (χ1) is 15.8. The number of hydrogen-bond donors (Lipinski definition) is 2. The van der Waals surface area contributed by atoms with Gasteiger partial charge in [0.15, 0.2) is 9.84 Å². The average Bonchev–Trinajstić information content (AvgIpc) is 2.80. The zero-order valence-corrected chi connectivity index (χ0v) is 20.5.